The molecular weight excluding hydrogens is 328 g/mol. The topological polar surface area (TPSA) is 28.7 Å². The molecule has 1 heterocycles. The zero-order valence-corrected chi connectivity index (χ0v) is 14.6. The Morgan fingerprint density at radius 1 is 0.519 bits per heavy atom. The van der Waals surface area contributed by atoms with Crippen LogP contribution in [0.5, 0.6) is 0 Å². The SMILES string of the molecule is c1ccc2c(-c3nc4c(ccc5c6ccccc6ccc54)[nH]3)cccc2c1. The number of hydrogen-bond acceptors (Lipinski definition) is 1. The number of benzene rings is 5. The third-order valence-electron chi connectivity index (χ3n) is 5.42. The number of hydrogen-bond donors (Lipinski definition) is 1. The number of H-pyrrole nitrogens is 1. The van der Waals surface area contributed by atoms with Crippen LogP contribution in [0.15, 0.2) is 91.0 Å². The Hall–Kier alpha value is -3.65. The van der Waals surface area contributed by atoms with Crippen LogP contribution in [0.2, 0.25) is 0 Å². The molecule has 0 fully saturated rings. The minimum atomic E-state index is 0.919. The molecule has 0 saturated carbocycles. The van der Waals surface area contributed by atoms with Crippen LogP contribution >= 0.6 is 0 Å². The van der Waals surface area contributed by atoms with Crippen LogP contribution in [-0.2, 0) is 0 Å². The Morgan fingerprint density at radius 3 is 2.11 bits per heavy atom. The van der Waals surface area contributed by atoms with Gasteiger partial charge in [0.15, 0.2) is 0 Å². The molecule has 0 amide bonds. The lowest BCUT2D eigenvalue weighted by Gasteiger charge is -2.04. The largest absolute Gasteiger partial charge is 0.338 e. The van der Waals surface area contributed by atoms with E-state index < -0.39 is 0 Å². The Labute approximate surface area is 156 Å². The maximum atomic E-state index is 5.01. The predicted molar refractivity (Wildman–Crippen MR) is 114 cm³/mol. The fourth-order valence-corrected chi connectivity index (χ4v) is 4.12. The molecule has 0 atom stereocenters. The summed E-state index contributed by atoms with van der Waals surface area (Å²) in [5.41, 5.74) is 3.24. The molecule has 0 spiro atoms. The van der Waals surface area contributed by atoms with Crippen LogP contribution in [0.3, 0.4) is 0 Å². The standard InChI is InChI=1S/C25H16N2/c1-4-10-19-16(6-1)8-5-11-22(19)25-26-23-15-14-20-18-9-3-2-7-17(18)12-13-21(20)24(23)27-25/h1-15H,(H,26,27). The van der Waals surface area contributed by atoms with E-state index in [0.717, 1.165) is 22.4 Å². The lowest BCUT2D eigenvalue weighted by molar-refractivity contribution is 1.35. The van der Waals surface area contributed by atoms with Crippen LogP contribution in [0, 0.1) is 0 Å². The molecule has 0 unspecified atom stereocenters. The Morgan fingerprint density at radius 2 is 1.22 bits per heavy atom. The van der Waals surface area contributed by atoms with E-state index in [1.807, 2.05) is 0 Å². The molecule has 6 rings (SSSR count). The molecule has 0 bridgehead atoms. The fraction of sp³-hybridized carbons (Fsp3) is 0. The second-order valence-corrected chi connectivity index (χ2v) is 6.96. The molecule has 2 nitrogen and oxygen atoms in total. The average molecular weight is 344 g/mol. The molecule has 6 aromatic rings. The van der Waals surface area contributed by atoms with Gasteiger partial charge < -0.3 is 4.98 Å². The molecule has 2 heteroatoms. The Kier molecular flexibility index (Phi) is 2.91. The van der Waals surface area contributed by atoms with Gasteiger partial charge in [0.05, 0.1) is 11.0 Å². The number of nitrogens with one attached hydrogen (secondary N) is 1. The summed E-state index contributed by atoms with van der Waals surface area (Å²) < 4.78 is 0. The van der Waals surface area contributed by atoms with Gasteiger partial charge in [-0.05, 0) is 33.0 Å². The van der Waals surface area contributed by atoms with E-state index in [0.29, 0.717) is 0 Å². The minimum absolute atomic E-state index is 0.919. The number of fused-ring (bicyclic) bond motifs is 6. The molecule has 0 aliphatic rings. The molecule has 126 valence electrons. The number of nitrogens with zero attached hydrogens (tertiary/aromatic N) is 1. The van der Waals surface area contributed by atoms with E-state index in [2.05, 4.69) is 96.0 Å². The van der Waals surface area contributed by atoms with Gasteiger partial charge in [-0.25, -0.2) is 4.98 Å². The van der Waals surface area contributed by atoms with Crippen LogP contribution in [0.1, 0.15) is 0 Å². The van der Waals surface area contributed by atoms with Crippen molar-refractivity contribution < 1.29 is 0 Å². The smallest absolute Gasteiger partial charge is 0.139 e. The van der Waals surface area contributed by atoms with Gasteiger partial charge in [-0.2, -0.15) is 0 Å². The van der Waals surface area contributed by atoms with Crippen molar-refractivity contribution in [3.63, 3.8) is 0 Å². The average Bonchev–Trinajstić information content (AvgIpc) is 3.17. The van der Waals surface area contributed by atoms with Gasteiger partial charge in [0.1, 0.15) is 5.82 Å². The van der Waals surface area contributed by atoms with E-state index in [1.54, 1.807) is 0 Å². The lowest BCUT2D eigenvalue weighted by atomic mass is 10.0. The molecule has 1 aromatic heterocycles. The van der Waals surface area contributed by atoms with Crippen LogP contribution in [0.4, 0.5) is 0 Å². The molecule has 1 N–H and O–H groups in total. The van der Waals surface area contributed by atoms with E-state index in [1.165, 1.54) is 32.3 Å². The third-order valence-corrected chi connectivity index (χ3v) is 5.42. The summed E-state index contributed by atoms with van der Waals surface area (Å²) in [7, 11) is 0. The first-order valence-electron chi connectivity index (χ1n) is 9.17. The second kappa shape index (κ2) is 5.42. The van der Waals surface area contributed by atoms with E-state index in [9.17, 15) is 0 Å². The van der Waals surface area contributed by atoms with Gasteiger partial charge in [0, 0.05) is 10.9 Å². The van der Waals surface area contributed by atoms with E-state index in [4.69, 9.17) is 4.98 Å². The molecule has 0 saturated heterocycles. The first-order chi connectivity index (χ1) is 13.4. The molecule has 0 aliphatic heterocycles. The van der Waals surface area contributed by atoms with Crippen LogP contribution < -0.4 is 0 Å². The summed E-state index contributed by atoms with van der Waals surface area (Å²) in [6.07, 6.45) is 0. The Bertz CT molecular complexity index is 1470. The zero-order valence-electron chi connectivity index (χ0n) is 14.6. The quantitative estimate of drug-likeness (QED) is 0.331. The monoisotopic (exact) mass is 344 g/mol. The first-order valence-corrected chi connectivity index (χ1v) is 9.17. The van der Waals surface area contributed by atoms with Gasteiger partial charge in [0.25, 0.3) is 0 Å². The summed E-state index contributed by atoms with van der Waals surface area (Å²) in [4.78, 5) is 8.55. The van der Waals surface area contributed by atoms with E-state index in [-0.39, 0.29) is 0 Å². The number of aromatic nitrogens is 2. The highest BCUT2D eigenvalue weighted by Crippen LogP contribution is 2.33. The minimum Gasteiger partial charge on any atom is -0.338 e. The molecular formula is C25H16N2. The maximum absolute atomic E-state index is 5.01. The van der Waals surface area contributed by atoms with Crippen molar-refractivity contribution in [1.29, 1.82) is 0 Å². The first kappa shape index (κ1) is 14.5. The molecule has 5 aromatic carbocycles. The van der Waals surface area contributed by atoms with Gasteiger partial charge in [-0.3, -0.25) is 0 Å². The maximum Gasteiger partial charge on any atom is 0.139 e. The highest BCUT2D eigenvalue weighted by Gasteiger charge is 2.12. The second-order valence-electron chi connectivity index (χ2n) is 6.96. The van der Waals surface area contributed by atoms with Crippen molar-refractivity contribution in [2.45, 2.75) is 0 Å². The van der Waals surface area contributed by atoms with Crippen molar-refractivity contribution in [2.75, 3.05) is 0 Å². The number of rotatable bonds is 1. The van der Waals surface area contributed by atoms with Crippen LogP contribution in [0.25, 0.3) is 54.7 Å². The van der Waals surface area contributed by atoms with Crippen molar-refractivity contribution in [3.05, 3.63) is 91.0 Å². The van der Waals surface area contributed by atoms with Crippen molar-refractivity contribution in [1.82, 2.24) is 9.97 Å². The molecule has 0 radical (unpaired) electrons. The Balaban J connectivity index is 1.68. The number of aromatic amines is 1. The summed E-state index contributed by atoms with van der Waals surface area (Å²) in [5, 5.41) is 7.41. The van der Waals surface area contributed by atoms with E-state index >= 15 is 0 Å². The molecule has 27 heavy (non-hydrogen) atoms. The van der Waals surface area contributed by atoms with Gasteiger partial charge >= 0.3 is 0 Å². The molecule has 0 aliphatic carbocycles. The summed E-state index contributed by atoms with van der Waals surface area (Å²) in [5.74, 6) is 0.919. The highest BCUT2D eigenvalue weighted by atomic mass is 14.9. The summed E-state index contributed by atoms with van der Waals surface area (Å²) >= 11 is 0. The normalized spacial score (nSPS) is 11.7. The van der Waals surface area contributed by atoms with Crippen molar-refractivity contribution in [2.24, 2.45) is 0 Å². The van der Waals surface area contributed by atoms with Crippen LogP contribution in [-0.4, -0.2) is 9.97 Å². The number of imidazole rings is 1. The van der Waals surface area contributed by atoms with Crippen molar-refractivity contribution >= 4 is 43.4 Å². The fourth-order valence-electron chi connectivity index (χ4n) is 4.12. The zero-order chi connectivity index (χ0) is 17.8. The third kappa shape index (κ3) is 2.10. The highest BCUT2D eigenvalue weighted by molar-refractivity contribution is 6.16. The lowest BCUT2D eigenvalue weighted by Crippen LogP contribution is -1.83. The van der Waals surface area contributed by atoms with Gasteiger partial charge in [-0.15, -0.1) is 0 Å². The van der Waals surface area contributed by atoms with Crippen molar-refractivity contribution in [3.8, 4) is 11.4 Å². The van der Waals surface area contributed by atoms with Gasteiger partial charge in [0.2, 0.25) is 0 Å². The summed E-state index contributed by atoms with van der Waals surface area (Å²) in [6.45, 7) is 0. The summed E-state index contributed by atoms with van der Waals surface area (Å²) in [6, 6.07) is 32.1. The van der Waals surface area contributed by atoms with Gasteiger partial charge in [-0.1, -0.05) is 84.9 Å². The predicted octanol–water partition coefficient (Wildman–Crippen LogP) is 6.69.